The summed E-state index contributed by atoms with van der Waals surface area (Å²) in [4.78, 5) is 27.4. The molecule has 0 fully saturated rings. The van der Waals surface area contributed by atoms with Crippen LogP contribution in [-0.2, 0) is 16.1 Å². The van der Waals surface area contributed by atoms with Crippen LogP contribution in [0.2, 0.25) is 0 Å². The van der Waals surface area contributed by atoms with Gasteiger partial charge in [0.1, 0.15) is 10.8 Å². The normalized spacial score (nSPS) is 10.1. The van der Waals surface area contributed by atoms with Gasteiger partial charge in [0, 0.05) is 5.38 Å². The molecular weight excluding hydrogens is 316 g/mol. The van der Waals surface area contributed by atoms with Gasteiger partial charge in [-0.1, -0.05) is 18.2 Å². The van der Waals surface area contributed by atoms with Gasteiger partial charge in [-0.15, -0.1) is 11.3 Å². The van der Waals surface area contributed by atoms with Gasteiger partial charge in [0.25, 0.3) is 0 Å². The molecule has 0 bridgehead atoms. The van der Waals surface area contributed by atoms with Gasteiger partial charge in [0.05, 0.1) is 26.2 Å². The Morgan fingerprint density at radius 3 is 2.78 bits per heavy atom. The molecule has 2 aromatic rings. The first-order chi connectivity index (χ1) is 11.2. The van der Waals surface area contributed by atoms with E-state index in [1.165, 1.54) is 11.3 Å². The number of amides is 1. The molecule has 0 saturated heterocycles. The van der Waals surface area contributed by atoms with Gasteiger partial charge in [-0.25, -0.2) is 9.78 Å². The third kappa shape index (κ3) is 5.71. The smallest absolute Gasteiger partial charge is 0.357 e. The first-order valence-corrected chi connectivity index (χ1v) is 8.13. The first kappa shape index (κ1) is 17.0. The molecule has 0 aliphatic heterocycles. The molecule has 0 radical (unpaired) electrons. The number of benzene rings is 1. The highest BCUT2D eigenvalue weighted by Gasteiger charge is 2.12. The molecule has 7 heteroatoms. The van der Waals surface area contributed by atoms with Crippen molar-refractivity contribution in [3.05, 3.63) is 46.4 Å². The molecule has 0 spiro atoms. The van der Waals surface area contributed by atoms with Crippen LogP contribution < -0.4 is 10.1 Å². The fraction of sp³-hybridized carbons (Fsp3) is 0.312. The van der Waals surface area contributed by atoms with E-state index >= 15 is 0 Å². The van der Waals surface area contributed by atoms with Gasteiger partial charge >= 0.3 is 5.97 Å². The largest absolute Gasteiger partial charge is 0.493 e. The summed E-state index contributed by atoms with van der Waals surface area (Å²) in [5.41, 5.74) is 0.272. The number of hydrogen-bond acceptors (Lipinski definition) is 6. The minimum absolute atomic E-state index is 0.131. The van der Waals surface area contributed by atoms with Crippen molar-refractivity contribution in [3.63, 3.8) is 0 Å². The molecule has 1 heterocycles. The average Bonchev–Trinajstić information content (AvgIpc) is 3.03. The molecular formula is C16H18N2O4S. The topological polar surface area (TPSA) is 77.5 Å². The van der Waals surface area contributed by atoms with Crippen molar-refractivity contribution < 1.29 is 19.1 Å². The average molecular weight is 334 g/mol. The Kier molecular flexibility index (Phi) is 6.56. The van der Waals surface area contributed by atoms with Crippen LogP contribution in [0.1, 0.15) is 28.8 Å². The standard InChI is InChI=1S/C16H18N2O4S/c1-2-21-16(20)13-11-23-15(18-13)10-17-14(19)8-9-22-12-6-4-3-5-7-12/h3-7,11H,2,8-10H2,1H3,(H,17,19). The second-order valence-corrected chi connectivity index (χ2v) is 5.48. The molecule has 122 valence electrons. The molecule has 6 nitrogen and oxygen atoms in total. The van der Waals surface area contributed by atoms with Crippen molar-refractivity contribution in [3.8, 4) is 5.75 Å². The van der Waals surface area contributed by atoms with Crippen LogP contribution >= 0.6 is 11.3 Å². The number of nitrogens with zero attached hydrogens (tertiary/aromatic N) is 1. The number of nitrogens with one attached hydrogen (secondary N) is 1. The van der Waals surface area contributed by atoms with E-state index < -0.39 is 5.97 Å². The Morgan fingerprint density at radius 2 is 2.04 bits per heavy atom. The second kappa shape index (κ2) is 8.89. The fourth-order valence-electron chi connectivity index (χ4n) is 1.73. The van der Waals surface area contributed by atoms with E-state index in [2.05, 4.69) is 10.3 Å². The van der Waals surface area contributed by atoms with Gasteiger partial charge in [0.15, 0.2) is 5.69 Å². The number of para-hydroxylation sites is 1. The Balaban J connectivity index is 1.69. The highest BCUT2D eigenvalue weighted by Crippen LogP contribution is 2.11. The molecule has 1 aromatic heterocycles. The molecule has 1 N–H and O–H groups in total. The zero-order valence-electron chi connectivity index (χ0n) is 12.8. The number of carbonyl (C=O) groups is 2. The van der Waals surface area contributed by atoms with Crippen LogP contribution in [-0.4, -0.2) is 30.1 Å². The van der Waals surface area contributed by atoms with Crippen LogP contribution in [0.25, 0.3) is 0 Å². The summed E-state index contributed by atoms with van der Waals surface area (Å²) in [7, 11) is 0. The maximum Gasteiger partial charge on any atom is 0.357 e. The lowest BCUT2D eigenvalue weighted by atomic mass is 10.3. The SMILES string of the molecule is CCOC(=O)c1csc(CNC(=O)CCOc2ccccc2)n1. The quantitative estimate of drug-likeness (QED) is 0.750. The molecule has 0 saturated carbocycles. The highest BCUT2D eigenvalue weighted by atomic mass is 32.1. The van der Waals surface area contributed by atoms with Crippen molar-refractivity contribution in [1.82, 2.24) is 10.3 Å². The van der Waals surface area contributed by atoms with E-state index in [-0.39, 0.29) is 24.6 Å². The molecule has 23 heavy (non-hydrogen) atoms. The lowest BCUT2D eigenvalue weighted by Crippen LogP contribution is -2.24. The molecule has 2 rings (SSSR count). The predicted octanol–water partition coefficient (Wildman–Crippen LogP) is 2.41. The number of esters is 1. The second-order valence-electron chi connectivity index (χ2n) is 4.54. The van der Waals surface area contributed by atoms with Gasteiger partial charge in [-0.05, 0) is 19.1 Å². The number of thiazole rings is 1. The number of carbonyl (C=O) groups excluding carboxylic acids is 2. The zero-order chi connectivity index (χ0) is 16.5. The number of ether oxygens (including phenoxy) is 2. The van der Waals surface area contributed by atoms with Crippen LogP contribution in [0.4, 0.5) is 0 Å². The first-order valence-electron chi connectivity index (χ1n) is 7.25. The zero-order valence-corrected chi connectivity index (χ0v) is 13.6. The van der Waals surface area contributed by atoms with E-state index in [1.807, 2.05) is 30.3 Å². The summed E-state index contributed by atoms with van der Waals surface area (Å²) in [5.74, 6) is 0.158. The van der Waals surface area contributed by atoms with Crippen molar-refractivity contribution in [1.29, 1.82) is 0 Å². The van der Waals surface area contributed by atoms with E-state index in [1.54, 1.807) is 12.3 Å². The predicted molar refractivity (Wildman–Crippen MR) is 86.5 cm³/mol. The molecule has 1 aromatic carbocycles. The summed E-state index contributed by atoms with van der Waals surface area (Å²) in [6.07, 6.45) is 0.255. The Labute approximate surface area is 138 Å². The van der Waals surface area contributed by atoms with Crippen molar-refractivity contribution in [2.75, 3.05) is 13.2 Å². The van der Waals surface area contributed by atoms with E-state index in [0.29, 0.717) is 18.2 Å². The lowest BCUT2D eigenvalue weighted by molar-refractivity contribution is -0.121. The third-order valence-corrected chi connectivity index (χ3v) is 3.66. The minimum atomic E-state index is -0.447. The summed E-state index contributed by atoms with van der Waals surface area (Å²) in [5, 5.41) is 5.03. The molecule has 0 aliphatic carbocycles. The number of rotatable bonds is 8. The summed E-state index contributed by atoms with van der Waals surface area (Å²) in [6, 6.07) is 9.32. The van der Waals surface area contributed by atoms with Gasteiger partial charge < -0.3 is 14.8 Å². The van der Waals surface area contributed by atoms with Crippen molar-refractivity contribution in [2.24, 2.45) is 0 Å². The van der Waals surface area contributed by atoms with Crippen LogP contribution in [0, 0.1) is 0 Å². The van der Waals surface area contributed by atoms with Crippen LogP contribution in [0.3, 0.4) is 0 Å². The Bertz CT molecular complexity index is 643. The lowest BCUT2D eigenvalue weighted by Gasteiger charge is -2.06. The van der Waals surface area contributed by atoms with Crippen molar-refractivity contribution >= 4 is 23.2 Å². The molecule has 0 aliphatic rings. The number of aromatic nitrogens is 1. The van der Waals surface area contributed by atoms with E-state index in [4.69, 9.17) is 9.47 Å². The van der Waals surface area contributed by atoms with E-state index in [0.717, 1.165) is 5.75 Å². The fourth-order valence-corrected chi connectivity index (χ4v) is 2.43. The van der Waals surface area contributed by atoms with Crippen LogP contribution in [0.5, 0.6) is 5.75 Å². The van der Waals surface area contributed by atoms with Gasteiger partial charge in [0.2, 0.25) is 5.91 Å². The molecule has 0 atom stereocenters. The van der Waals surface area contributed by atoms with Gasteiger partial charge in [-0.2, -0.15) is 0 Å². The highest BCUT2D eigenvalue weighted by molar-refractivity contribution is 7.09. The third-order valence-electron chi connectivity index (χ3n) is 2.81. The monoisotopic (exact) mass is 334 g/mol. The summed E-state index contributed by atoms with van der Waals surface area (Å²) in [6.45, 7) is 2.64. The Morgan fingerprint density at radius 1 is 1.26 bits per heavy atom. The van der Waals surface area contributed by atoms with Crippen LogP contribution in [0.15, 0.2) is 35.7 Å². The maximum absolute atomic E-state index is 11.7. The Hall–Kier alpha value is -2.41. The molecule has 1 amide bonds. The van der Waals surface area contributed by atoms with E-state index in [9.17, 15) is 9.59 Å². The molecule has 0 unspecified atom stereocenters. The minimum Gasteiger partial charge on any atom is -0.493 e. The summed E-state index contributed by atoms with van der Waals surface area (Å²) >= 11 is 1.31. The number of hydrogen-bond donors (Lipinski definition) is 1. The summed E-state index contributed by atoms with van der Waals surface area (Å²) < 4.78 is 10.3. The van der Waals surface area contributed by atoms with Crippen molar-refractivity contribution in [2.45, 2.75) is 19.9 Å². The van der Waals surface area contributed by atoms with Gasteiger partial charge in [-0.3, -0.25) is 4.79 Å². The maximum atomic E-state index is 11.7.